The Morgan fingerprint density at radius 3 is 2.68 bits per heavy atom. The summed E-state index contributed by atoms with van der Waals surface area (Å²) in [6, 6.07) is 13.2. The molecule has 3 rings (SSSR count). The smallest absolute Gasteiger partial charge is 0.234 e. The van der Waals surface area contributed by atoms with Crippen LogP contribution in [-0.2, 0) is 4.79 Å². The number of halogens is 1. The highest BCUT2D eigenvalue weighted by Crippen LogP contribution is 2.34. The molecule has 0 spiro atoms. The fourth-order valence-corrected chi connectivity index (χ4v) is 3.04. The van der Waals surface area contributed by atoms with Gasteiger partial charge in [0.2, 0.25) is 12.7 Å². The number of hydrogen-bond acceptors (Lipinski definition) is 4. The summed E-state index contributed by atoms with van der Waals surface area (Å²) in [6.07, 6.45) is 0. The molecule has 0 aliphatic carbocycles. The van der Waals surface area contributed by atoms with Crippen LogP contribution in [0.3, 0.4) is 0 Å². The second-order valence-corrected chi connectivity index (χ2v) is 6.43. The Labute approximate surface area is 152 Å². The standard InChI is InChI=1S/C19H21ClN2O3/c1-12(14-7-8-17-18(9-14)25-11-24-17)22-19(23)10-21-13(2)15-5-3-4-6-16(15)20/h3-9,12-13,21H,10-11H2,1-2H3,(H,22,23)/t12-,13-/m0/s1. The van der Waals surface area contributed by atoms with E-state index in [1.54, 1.807) is 0 Å². The zero-order valence-corrected chi connectivity index (χ0v) is 15.0. The Hall–Kier alpha value is -2.24. The quantitative estimate of drug-likeness (QED) is 0.826. The molecule has 0 bridgehead atoms. The molecular formula is C19H21ClN2O3. The fraction of sp³-hybridized carbons (Fsp3) is 0.316. The molecule has 0 unspecified atom stereocenters. The number of hydrogen-bond donors (Lipinski definition) is 2. The third kappa shape index (κ3) is 4.24. The van der Waals surface area contributed by atoms with Gasteiger partial charge in [-0.15, -0.1) is 0 Å². The summed E-state index contributed by atoms with van der Waals surface area (Å²) >= 11 is 6.18. The normalized spacial score (nSPS) is 14.8. The average molecular weight is 361 g/mol. The number of nitrogens with one attached hydrogen (secondary N) is 2. The first-order chi connectivity index (χ1) is 12.0. The van der Waals surface area contributed by atoms with Crippen LogP contribution < -0.4 is 20.1 Å². The number of benzene rings is 2. The second-order valence-electron chi connectivity index (χ2n) is 6.03. The molecule has 0 radical (unpaired) electrons. The van der Waals surface area contributed by atoms with Crippen molar-refractivity contribution in [3.8, 4) is 11.5 Å². The zero-order valence-electron chi connectivity index (χ0n) is 14.2. The maximum Gasteiger partial charge on any atom is 0.234 e. The van der Waals surface area contributed by atoms with E-state index < -0.39 is 0 Å². The Morgan fingerprint density at radius 2 is 1.88 bits per heavy atom. The highest BCUT2D eigenvalue weighted by atomic mass is 35.5. The number of fused-ring (bicyclic) bond motifs is 1. The topological polar surface area (TPSA) is 59.6 Å². The second kappa shape index (κ2) is 7.76. The summed E-state index contributed by atoms with van der Waals surface area (Å²) in [7, 11) is 0. The molecule has 25 heavy (non-hydrogen) atoms. The maximum absolute atomic E-state index is 12.2. The lowest BCUT2D eigenvalue weighted by atomic mass is 10.1. The maximum atomic E-state index is 12.2. The van der Waals surface area contributed by atoms with Gasteiger partial charge in [-0.05, 0) is 43.2 Å². The van der Waals surface area contributed by atoms with Crippen molar-refractivity contribution < 1.29 is 14.3 Å². The number of rotatable bonds is 6. The summed E-state index contributed by atoms with van der Waals surface area (Å²) in [4.78, 5) is 12.2. The molecule has 132 valence electrons. The molecular weight excluding hydrogens is 340 g/mol. The molecule has 0 saturated carbocycles. The van der Waals surface area contributed by atoms with E-state index in [1.165, 1.54) is 0 Å². The van der Waals surface area contributed by atoms with Crippen LogP contribution in [0.25, 0.3) is 0 Å². The van der Waals surface area contributed by atoms with Crippen LogP contribution in [-0.4, -0.2) is 19.2 Å². The van der Waals surface area contributed by atoms with Gasteiger partial charge in [0, 0.05) is 11.1 Å². The predicted molar refractivity (Wildman–Crippen MR) is 97.0 cm³/mol. The van der Waals surface area contributed by atoms with Crippen LogP contribution in [0, 0.1) is 0 Å². The van der Waals surface area contributed by atoms with Crippen molar-refractivity contribution in [2.75, 3.05) is 13.3 Å². The van der Waals surface area contributed by atoms with E-state index in [2.05, 4.69) is 10.6 Å². The highest BCUT2D eigenvalue weighted by Gasteiger charge is 2.17. The van der Waals surface area contributed by atoms with Crippen molar-refractivity contribution in [1.82, 2.24) is 10.6 Å². The van der Waals surface area contributed by atoms with Crippen LogP contribution in [0.1, 0.15) is 37.1 Å². The van der Waals surface area contributed by atoms with E-state index in [0.717, 1.165) is 16.9 Å². The van der Waals surface area contributed by atoms with Crippen molar-refractivity contribution in [1.29, 1.82) is 0 Å². The van der Waals surface area contributed by atoms with Gasteiger partial charge in [-0.1, -0.05) is 35.9 Å². The Morgan fingerprint density at radius 1 is 1.12 bits per heavy atom. The van der Waals surface area contributed by atoms with Crippen LogP contribution in [0.2, 0.25) is 5.02 Å². The van der Waals surface area contributed by atoms with Crippen molar-refractivity contribution in [2.24, 2.45) is 0 Å². The Balaban J connectivity index is 1.53. The minimum Gasteiger partial charge on any atom is -0.454 e. The van der Waals surface area contributed by atoms with Gasteiger partial charge in [0.05, 0.1) is 12.6 Å². The number of carbonyl (C=O) groups is 1. The van der Waals surface area contributed by atoms with Gasteiger partial charge in [-0.25, -0.2) is 0 Å². The third-order valence-electron chi connectivity index (χ3n) is 4.21. The monoisotopic (exact) mass is 360 g/mol. The van der Waals surface area contributed by atoms with E-state index >= 15 is 0 Å². The predicted octanol–water partition coefficient (Wildman–Crippen LogP) is 3.60. The van der Waals surface area contributed by atoms with Crippen molar-refractivity contribution >= 4 is 17.5 Å². The fourth-order valence-electron chi connectivity index (χ4n) is 2.74. The van der Waals surface area contributed by atoms with Gasteiger partial charge >= 0.3 is 0 Å². The van der Waals surface area contributed by atoms with Crippen LogP contribution in [0.5, 0.6) is 11.5 Å². The first kappa shape index (κ1) is 17.6. The summed E-state index contributed by atoms with van der Waals surface area (Å²) in [5, 5.41) is 6.87. The minimum absolute atomic E-state index is 0.0136. The van der Waals surface area contributed by atoms with E-state index in [0.29, 0.717) is 10.8 Å². The van der Waals surface area contributed by atoms with Crippen molar-refractivity contribution in [3.05, 3.63) is 58.6 Å². The molecule has 2 atom stereocenters. The molecule has 1 heterocycles. The summed E-state index contributed by atoms with van der Waals surface area (Å²) in [5.74, 6) is 1.37. The molecule has 2 aromatic rings. The summed E-state index contributed by atoms with van der Waals surface area (Å²) in [6.45, 7) is 4.37. The molecule has 0 aromatic heterocycles. The van der Waals surface area contributed by atoms with E-state index in [4.69, 9.17) is 21.1 Å². The van der Waals surface area contributed by atoms with Crippen LogP contribution in [0.15, 0.2) is 42.5 Å². The van der Waals surface area contributed by atoms with E-state index in [9.17, 15) is 4.79 Å². The number of ether oxygens (including phenoxy) is 2. The van der Waals surface area contributed by atoms with Gasteiger partial charge < -0.3 is 20.1 Å². The molecule has 0 fully saturated rings. The van der Waals surface area contributed by atoms with Gasteiger partial charge in [0.15, 0.2) is 11.5 Å². The van der Waals surface area contributed by atoms with Gasteiger partial charge in [-0.2, -0.15) is 0 Å². The molecule has 2 N–H and O–H groups in total. The lowest BCUT2D eigenvalue weighted by Crippen LogP contribution is -2.36. The zero-order chi connectivity index (χ0) is 17.8. The molecule has 1 aliphatic rings. The first-order valence-corrected chi connectivity index (χ1v) is 8.59. The van der Waals surface area contributed by atoms with E-state index in [-0.39, 0.29) is 31.3 Å². The SMILES string of the molecule is C[C@H](NC(=O)CN[C@@H](C)c1ccccc1Cl)c1ccc2c(c1)OCO2. The average Bonchev–Trinajstić information content (AvgIpc) is 3.07. The molecule has 1 aliphatic heterocycles. The van der Waals surface area contributed by atoms with Gasteiger partial charge in [-0.3, -0.25) is 4.79 Å². The molecule has 2 aromatic carbocycles. The van der Waals surface area contributed by atoms with E-state index in [1.807, 2.05) is 56.3 Å². The van der Waals surface area contributed by atoms with Gasteiger partial charge in [0.1, 0.15) is 0 Å². The van der Waals surface area contributed by atoms with Crippen molar-refractivity contribution in [3.63, 3.8) is 0 Å². The molecule has 5 nitrogen and oxygen atoms in total. The molecule has 6 heteroatoms. The summed E-state index contributed by atoms with van der Waals surface area (Å²) < 4.78 is 10.7. The van der Waals surface area contributed by atoms with Crippen LogP contribution >= 0.6 is 11.6 Å². The first-order valence-electron chi connectivity index (χ1n) is 8.21. The largest absolute Gasteiger partial charge is 0.454 e. The lowest BCUT2D eigenvalue weighted by molar-refractivity contribution is -0.121. The molecule has 0 saturated heterocycles. The van der Waals surface area contributed by atoms with Crippen molar-refractivity contribution in [2.45, 2.75) is 25.9 Å². The Bertz CT molecular complexity index is 766. The number of carbonyl (C=O) groups excluding carboxylic acids is 1. The summed E-state index contributed by atoms with van der Waals surface area (Å²) in [5.41, 5.74) is 1.94. The van der Waals surface area contributed by atoms with Crippen LogP contribution in [0.4, 0.5) is 0 Å². The minimum atomic E-state index is -0.126. The lowest BCUT2D eigenvalue weighted by Gasteiger charge is -2.18. The molecule has 1 amide bonds. The Kier molecular flexibility index (Phi) is 5.46. The van der Waals surface area contributed by atoms with Gasteiger partial charge in [0.25, 0.3) is 0 Å². The highest BCUT2D eigenvalue weighted by molar-refractivity contribution is 6.31. The number of amides is 1. The third-order valence-corrected chi connectivity index (χ3v) is 4.56.